The molecule has 0 unspecified atom stereocenters. The summed E-state index contributed by atoms with van der Waals surface area (Å²) in [5, 5.41) is 4.04. The summed E-state index contributed by atoms with van der Waals surface area (Å²) >= 11 is 0. The molecule has 0 aliphatic heterocycles. The number of rotatable bonds is 4. The number of aromatic nitrogens is 1. The second kappa shape index (κ2) is 4.58. The van der Waals surface area contributed by atoms with E-state index < -0.39 is 0 Å². The van der Waals surface area contributed by atoms with Gasteiger partial charge in [0, 0.05) is 24.7 Å². The van der Waals surface area contributed by atoms with Crippen LogP contribution < -0.4 is 0 Å². The summed E-state index contributed by atoms with van der Waals surface area (Å²) in [6, 6.07) is 3.64. The van der Waals surface area contributed by atoms with Crippen LogP contribution in [0.25, 0.3) is 0 Å². The highest BCUT2D eigenvalue weighted by atomic mass is 16.5. The van der Waals surface area contributed by atoms with E-state index in [1.807, 2.05) is 6.07 Å². The molecular weight excluding hydrogens is 200 g/mol. The van der Waals surface area contributed by atoms with Gasteiger partial charge < -0.3 is 4.52 Å². The molecule has 88 valence electrons. The van der Waals surface area contributed by atoms with E-state index in [0.717, 1.165) is 24.3 Å². The van der Waals surface area contributed by atoms with Crippen LogP contribution in [0.3, 0.4) is 0 Å². The Bertz CT molecular complexity index is 313. The van der Waals surface area contributed by atoms with Gasteiger partial charge in [0.2, 0.25) is 0 Å². The monoisotopic (exact) mass is 220 g/mol. The lowest BCUT2D eigenvalue weighted by atomic mass is 9.94. The molecule has 0 atom stereocenters. The van der Waals surface area contributed by atoms with E-state index in [1.165, 1.54) is 44.9 Å². The molecule has 0 saturated heterocycles. The Hall–Kier alpha value is -0.830. The molecule has 1 aromatic heterocycles. The molecule has 0 N–H and O–H groups in total. The van der Waals surface area contributed by atoms with Gasteiger partial charge in [0.15, 0.2) is 0 Å². The molecule has 0 radical (unpaired) electrons. The van der Waals surface area contributed by atoms with Crippen LogP contribution in [0, 0.1) is 0 Å². The first kappa shape index (κ1) is 10.3. The molecule has 0 bridgehead atoms. The minimum absolute atomic E-state index is 0.804. The molecule has 2 aliphatic carbocycles. The molecule has 0 aromatic carbocycles. The Kier molecular flexibility index (Phi) is 2.96. The van der Waals surface area contributed by atoms with Gasteiger partial charge in [0.1, 0.15) is 6.26 Å². The van der Waals surface area contributed by atoms with Gasteiger partial charge in [-0.05, 0) is 25.7 Å². The van der Waals surface area contributed by atoms with Gasteiger partial charge in [-0.15, -0.1) is 0 Å². The fourth-order valence-electron chi connectivity index (χ4n) is 2.88. The summed E-state index contributed by atoms with van der Waals surface area (Å²) in [5.74, 6) is 0. The first-order valence-electron chi connectivity index (χ1n) is 6.58. The third-order valence-electron chi connectivity index (χ3n) is 3.90. The molecule has 3 rings (SSSR count). The summed E-state index contributed by atoms with van der Waals surface area (Å²) in [6.45, 7) is 0.992. The second-order valence-electron chi connectivity index (χ2n) is 5.19. The highest BCUT2D eigenvalue weighted by molar-refractivity contribution is 4.99. The summed E-state index contributed by atoms with van der Waals surface area (Å²) in [5.41, 5.74) is 1.09. The van der Waals surface area contributed by atoms with Crippen molar-refractivity contribution in [1.29, 1.82) is 0 Å². The Morgan fingerprint density at radius 1 is 1.12 bits per heavy atom. The van der Waals surface area contributed by atoms with Gasteiger partial charge >= 0.3 is 0 Å². The zero-order chi connectivity index (χ0) is 10.8. The van der Waals surface area contributed by atoms with Crippen molar-refractivity contribution in [3.63, 3.8) is 0 Å². The highest BCUT2D eigenvalue weighted by Crippen LogP contribution is 2.34. The lowest BCUT2D eigenvalue weighted by Crippen LogP contribution is -2.38. The summed E-state index contributed by atoms with van der Waals surface area (Å²) in [7, 11) is 0. The lowest BCUT2D eigenvalue weighted by molar-refractivity contribution is 0.135. The molecule has 2 saturated carbocycles. The van der Waals surface area contributed by atoms with E-state index in [9.17, 15) is 0 Å². The molecule has 1 heterocycles. The number of hydrogen-bond acceptors (Lipinski definition) is 3. The SMILES string of the molecule is c1cc(CN(C2CCCCC2)C2CC2)no1. The van der Waals surface area contributed by atoms with Crippen LogP contribution in [-0.4, -0.2) is 22.1 Å². The normalized spacial score (nSPS) is 22.8. The summed E-state index contributed by atoms with van der Waals surface area (Å²) < 4.78 is 4.93. The first-order valence-corrected chi connectivity index (χ1v) is 6.58. The minimum Gasteiger partial charge on any atom is -0.364 e. The predicted molar refractivity (Wildman–Crippen MR) is 61.9 cm³/mol. The molecule has 0 amide bonds. The van der Waals surface area contributed by atoms with Gasteiger partial charge in [0.25, 0.3) is 0 Å². The van der Waals surface area contributed by atoms with E-state index in [1.54, 1.807) is 6.26 Å². The van der Waals surface area contributed by atoms with Crippen LogP contribution in [0.1, 0.15) is 50.6 Å². The minimum atomic E-state index is 0.804. The van der Waals surface area contributed by atoms with Crippen LogP contribution in [-0.2, 0) is 6.54 Å². The van der Waals surface area contributed by atoms with Crippen LogP contribution in [0.5, 0.6) is 0 Å². The van der Waals surface area contributed by atoms with Crippen molar-refractivity contribution < 1.29 is 4.52 Å². The molecule has 2 aliphatic rings. The topological polar surface area (TPSA) is 29.3 Å². The molecule has 0 spiro atoms. The van der Waals surface area contributed by atoms with E-state index in [-0.39, 0.29) is 0 Å². The predicted octanol–water partition coefficient (Wildman–Crippen LogP) is 2.97. The Labute approximate surface area is 96.8 Å². The fraction of sp³-hybridized carbons (Fsp3) is 0.769. The zero-order valence-electron chi connectivity index (χ0n) is 9.77. The maximum absolute atomic E-state index is 4.93. The molecule has 3 nitrogen and oxygen atoms in total. The first-order chi connectivity index (χ1) is 7.93. The van der Waals surface area contributed by atoms with E-state index in [2.05, 4.69) is 10.1 Å². The van der Waals surface area contributed by atoms with Crippen molar-refractivity contribution in [2.24, 2.45) is 0 Å². The molecule has 2 fully saturated rings. The van der Waals surface area contributed by atoms with E-state index in [0.29, 0.717) is 0 Å². The highest BCUT2D eigenvalue weighted by Gasteiger charge is 2.34. The van der Waals surface area contributed by atoms with Crippen LogP contribution in [0.4, 0.5) is 0 Å². The fourth-order valence-corrected chi connectivity index (χ4v) is 2.88. The summed E-state index contributed by atoms with van der Waals surface area (Å²) in [6.07, 6.45) is 11.5. The van der Waals surface area contributed by atoms with Crippen molar-refractivity contribution in [1.82, 2.24) is 10.1 Å². The molecule has 1 aromatic rings. The van der Waals surface area contributed by atoms with Gasteiger partial charge in [-0.3, -0.25) is 4.90 Å². The van der Waals surface area contributed by atoms with Crippen LogP contribution in [0.15, 0.2) is 16.9 Å². The lowest BCUT2D eigenvalue weighted by Gasteiger charge is -2.33. The van der Waals surface area contributed by atoms with Crippen molar-refractivity contribution in [3.8, 4) is 0 Å². The third kappa shape index (κ3) is 2.29. The van der Waals surface area contributed by atoms with E-state index in [4.69, 9.17) is 4.52 Å². The van der Waals surface area contributed by atoms with Crippen molar-refractivity contribution >= 4 is 0 Å². The largest absolute Gasteiger partial charge is 0.364 e. The molecular formula is C13H20N2O. The molecule has 16 heavy (non-hydrogen) atoms. The Balaban J connectivity index is 1.65. The van der Waals surface area contributed by atoms with Crippen LogP contribution in [0.2, 0.25) is 0 Å². The van der Waals surface area contributed by atoms with Gasteiger partial charge in [0.05, 0.1) is 5.69 Å². The third-order valence-corrected chi connectivity index (χ3v) is 3.90. The standard InChI is InChI=1S/C13H20N2O/c1-2-4-12(5-3-1)15(13-6-7-13)10-11-8-9-16-14-11/h8-9,12-13H,1-7,10H2. The maximum atomic E-state index is 4.93. The van der Waals surface area contributed by atoms with Gasteiger partial charge in [-0.25, -0.2) is 0 Å². The van der Waals surface area contributed by atoms with Crippen LogP contribution >= 0.6 is 0 Å². The van der Waals surface area contributed by atoms with Gasteiger partial charge in [-0.2, -0.15) is 0 Å². The number of hydrogen-bond donors (Lipinski definition) is 0. The number of nitrogens with zero attached hydrogens (tertiary/aromatic N) is 2. The van der Waals surface area contributed by atoms with Crippen molar-refractivity contribution in [2.75, 3.05) is 0 Å². The average Bonchev–Trinajstić information content (AvgIpc) is 3.05. The van der Waals surface area contributed by atoms with Crippen molar-refractivity contribution in [2.45, 2.75) is 63.6 Å². The van der Waals surface area contributed by atoms with E-state index >= 15 is 0 Å². The Morgan fingerprint density at radius 2 is 1.88 bits per heavy atom. The summed E-state index contributed by atoms with van der Waals surface area (Å²) in [4.78, 5) is 2.68. The second-order valence-corrected chi connectivity index (χ2v) is 5.19. The van der Waals surface area contributed by atoms with Gasteiger partial charge in [-0.1, -0.05) is 24.4 Å². The average molecular weight is 220 g/mol. The Morgan fingerprint density at radius 3 is 2.50 bits per heavy atom. The molecule has 3 heteroatoms. The zero-order valence-corrected chi connectivity index (χ0v) is 9.77. The quantitative estimate of drug-likeness (QED) is 0.781. The smallest absolute Gasteiger partial charge is 0.124 e. The van der Waals surface area contributed by atoms with Crippen molar-refractivity contribution in [3.05, 3.63) is 18.0 Å². The maximum Gasteiger partial charge on any atom is 0.124 e.